The third kappa shape index (κ3) is 3.40. The third-order valence-corrected chi connectivity index (χ3v) is 3.89. The number of amides is 2. The summed E-state index contributed by atoms with van der Waals surface area (Å²) in [5, 5.41) is 5.13. The predicted octanol–water partition coefficient (Wildman–Crippen LogP) is 1.54. The van der Waals surface area contributed by atoms with Crippen molar-refractivity contribution in [2.45, 2.75) is 13.5 Å². The van der Waals surface area contributed by atoms with Gasteiger partial charge in [-0.3, -0.25) is 25.2 Å². The second kappa shape index (κ2) is 7.32. The lowest BCUT2D eigenvalue weighted by Crippen LogP contribution is -2.42. The Labute approximate surface area is 152 Å². The van der Waals surface area contributed by atoms with Gasteiger partial charge in [0.25, 0.3) is 17.4 Å². The zero-order valence-corrected chi connectivity index (χ0v) is 14.4. The summed E-state index contributed by atoms with van der Waals surface area (Å²) in [6.07, 6.45) is 1.29. The van der Waals surface area contributed by atoms with Gasteiger partial charge in [-0.15, -0.1) is 0 Å². The number of benzene rings is 1. The maximum Gasteiger partial charge on any atom is 0.290 e. The smallest absolute Gasteiger partial charge is 0.267 e. The van der Waals surface area contributed by atoms with Crippen molar-refractivity contribution in [2.75, 3.05) is 0 Å². The van der Waals surface area contributed by atoms with E-state index in [4.69, 9.17) is 11.6 Å². The van der Waals surface area contributed by atoms with E-state index in [1.807, 2.05) is 0 Å². The molecule has 2 heterocycles. The lowest BCUT2D eigenvalue weighted by atomic mass is 10.1. The number of nitrogens with one attached hydrogen (secondary N) is 2. The average molecular weight is 372 g/mol. The Bertz CT molecular complexity index is 1050. The van der Waals surface area contributed by atoms with Crippen LogP contribution < -0.4 is 16.4 Å². The molecule has 0 atom stereocenters. The molecule has 0 bridgehead atoms. The summed E-state index contributed by atoms with van der Waals surface area (Å²) in [4.78, 5) is 40.6. The van der Waals surface area contributed by atoms with E-state index >= 15 is 0 Å². The fourth-order valence-electron chi connectivity index (χ4n) is 2.37. The van der Waals surface area contributed by atoms with Gasteiger partial charge < -0.3 is 0 Å². The minimum absolute atomic E-state index is 0.0385. The number of carbonyl (C=O) groups excluding carboxylic acids is 2. The van der Waals surface area contributed by atoms with E-state index in [1.165, 1.54) is 23.0 Å². The molecule has 0 saturated heterocycles. The van der Waals surface area contributed by atoms with Gasteiger partial charge in [-0.2, -0.15) is 5.10 Å². The average Bonchev–Trinajstić information content (AvgIpc) is 2.67. The van der Waals surface area contributed by atoms with E-state index in [9.17, 15) is 14.4 Å². The Balaban J connectivity index is 1.86. The summed E-state index contributed by atoms with van der Waals surface area (Å²) in [6.45, 7) is 2.06. The van der Waals surface area contributed by atoms with E-state index in [0.717, 1.165) is 0 Å². The molecule has 2 amide bonds. The number of fused-ring (bicyclic) bond motifs is 1. The zero-order chi connectivity index (χ0) is 18.7. The number of rotatable bonds is 3. The largest absolute Gasteiger partial charge is 0.290 e. The Morgan fingerprint density at radius 2 is 1.77 bits per heavy atom. The monoisotopic (exact) mass is 371 g/mol. The summed E-state index contributed by atoms with van der Waals surface area (Å²) < 4.78 is 1.20. The molecule has 0 spiro atoms. The van der Waals surface area contributed by atoms with Crippen LogP contribution >= 0.6 is 11.6 Å². The minimum Gasteiger partial charge on any atom is -0.267 e. The summed E-state index contributed by atoms with van der Waals surface area (Å²) in [5.41, 5.74) is 4.57. The molecule has 0 radical (unpaired) electrons. The molecule has 0 aliphatic carbocycles. The maximum atomic E-state index is 12.5. The van der Waals surface area contributed by atoms with Crippen molar-refractivity contribution in [1.82, 2.24) is 25.6 Å². The molecule has 132 valence electrons. The Morgan fingerprint density at radius 3 is 2.42 bits per heavy atom. The van der Waals surface area contributed by atoms with E-state index in [1.54, 1.807) is 31.2 Å². The standard InChI is InChI=1S/C17H14ClN5O3/c1-2-23-17(26)12-6-4-3-5-11(12)14(22-23)16(25)21-20-15(24)10-7-8-13(18)19-9-10/h3-9H,2H2,1H3,(H,20,24)(H,21,25). The first-order valence-electron chi connectivity index (χ1n) is 7.73. The van der Waals surface area contributed by atoms with Crippen LogP contribution in [0, 0.1) is 0 Å². The maximum absolute atomic E-state index is 12.5. The van der Waals surface area contributed by atoms with Gasteiger partial charge in [0.05, 0.1) is 10.9 Å². The SMILES string of the molecule is CCn1nc(C(=O)NNC(=O)c2ccc(Cl)nc2)c2ccccc2c1=O. The van der Waals surface area contributed by atoms with Crippen LogP contribution in [0.4, 0.5) is 0 Å². The van der Waals surface area contributed by atoms with Crippen molar-refractivity contribution in [3.8, 4) is 0 Å². The van der Waals surface area contributed by atoms with Gasteiger partial charge in [-0.05, 0) is 25.1 Å². The molecule has 0 aliphatic heterocycles. The Kier molecular flexibility index (Phi) is 4.94. The predicted molar refractivity (Wildman–Crippen MR) is 95.9 cm³/mol. The number of aryl methyl sites for hydroxylation is 1. The molecule has 9 heteroatoms. The Hall–Kier alpha value is -3.26. The number of hydrogen-bond donors (Lipinski definition) is 2. The molecule has 0 unspecified atom stereocenters. The minimum atomic E-state index is -0.640. The highest BCUT2D eigenvalue weighted by Gasteiger charge is 2.17. The van der Waals surface area contributed by atoms with E-state index in [0.29, 0.717) is 17.3 Å². The van der Waals surface area contributed by atoms with E-state index < -0.39 is 11.8 Å². The summed E-state index contributed by atoms with van der Waals surface area (Å²) in [5.74, 6) is -1.20. The molecule has 26 heavy (non-hydrogen) atoms. The number of hydrogen-bond acceptors (Lipinski definition) is 5. The number of aromatic nitrogens is 3. The highest BCUT2D eigenvalue weighted by molar-refractivity contribution is 6.29. The van der Waals surface area contributed by atoms with Gasteiger partial charge >= 0.3 is 0 Å². The zero-order valence-electron chi connectivity index (χ0n) is 13.7. The number of hydrazine groups is 1. The molecule has 2 aromatic heterocycles. The van der Waals surface area contributed by atoms with Crippen molar-refractivity contribution < 1.29 is 9.59 Å². The van der Waals surface area contributed by atoms with Crippen LogP contribution in [0.1, 0.15) is 27.8 Å². The van der Waals surface area contributed by atoms with Crippen LogP contribution in [0.3, 0.4) is 0 Å². The fraction of sp³-hybridized carbons (Fsp3) is 0.118. The molecular weight excluding hydrogens is 358 g/mol. The van der Waals surface area contributed by atoms with Crippen molar-refractivity contribution in [1.29, 1.82) is 0 Å². The second-order valence-electron chi connectivity index (χ2n) is 5.29. The highest BCUT2D eigenvalue weighted by atomic mass is 35.5. The summed E-state index contributed by atoms with van der Waals surface area (Å²) in [6, 6.07) is 9.60. The molecule has 8 nitrogen and oxygen atoms in total. The first-order chi connectivity index (χ1) is 12.5. The Morgan fingerprint density at radius 1 is 1.08 bits per heavy atom. The molecule has 3 aromatic rings. The summed E-state index contributed by atoms with van der Waals surface area (Å²) >= 11 is 5.67. The van der Waals surface area contributed by atoms with Gasteiger partial charge in [0.15, 0.2) is 5.69 Å². The fourth-order valence-corrected chi connectivity index (χ4v) is 2.48. The quantitative estimate of drug-likeness (QED) is 0.536. The number of halogens is 1. The van der Waals surface area contributed by atoms with Gasteiger partial charge in [-0.1, -0.05) is 29.8 Å². The first-order valence-corrected chi connectivity index (χ1v) is 8.11. The van der Waals surface area contributed by atoms with Crippen molar-refractivity contribution in [3.05, 3.63) is 69.4 Å². The number of carbonyl (C=O) groups is 2. The van der Waals surface area contributed by atoms with E-state index in [-0.39, 0.29) is 22.0 Å². The number of pyridine rings is 1. The van der Waals surface area contributed by atoms with Crippen LogP contribution in [0.5, 0.6) is 0 Å². The molecule has 1 aromatic carbocycles. The third-order valence-electron chi connectivity index (χ3n) is 3.66. The van der Waals surface area contributed by atoms with Crippen molar-refractivity contribution >= 4 is 34.2 Å². The lowest BCUT2D eigenvalue weighted by Gasteiger charge is -2.11. The van der Waals surface area contributed by atoms with Crippen molar-refractivity contribution in [3.63, 3.8) is 0 Å². The van der Waals surface area contributed by atoms with Crippen molar-refractivity contribution in [2.24, 2.45) is 0 Å². The van der Waals surface area contributed by atoms with Crippen LogP contribution in [0.25, 0.3) is 10.8 Å². The van der Waals surface area contributed by atoms with Gasteiger partial charge in [0, 0.05) is 18.1 Å². The van der Waals surface area contributed by atoms with E-state index in [2.05, 4.69) is 20.9 Å². The topological polar surface area (TPSA) is 106 Å². The van der Waals surface area contributed by atoms with Crippen LogP contribution in [-0.2, 0) is 6.54 Å². The molecule has 3 rings (SSSR count). The van der Waals surface area contributed by atoms with Gasteiger partial charge in [0.1, 0.15) is 5.15 Å². The lowest BCUT2D eigenvalue weighted by molar-refractivity contribution is 0.0843. The molecular formula is C17H14ClN5O3. The van der Waals surface area contributed by atoms with Crippen LogP contribution in [0.2, 0.25) is 5.15 Å². The first kappa shape index (κ1) is 17.6. The second-order valence-corrected chi connectivity index (χ2v) is 5.68. The van der Waals surface area contributed by atoms with Gasteiger partial charge in [0.2, 0.25) is 0 Å². The molecule has 0 aliphatic rings. The van der Waals surface area contributed by atoms with Crippen LogP contribution in [-0.4, -0.2) is 26.6 Å². The highest BCUT2D eigenvalue weighted by Crippen LogP contribution is 2.13. The van der Waals surface area contributed by atoms with Gasteiger partial charge in [-0.25, -0.2) is 9.67 Å². The molecule has 2 N–H and O–H groups in total. The normalized spacial score (nSPS) is 10.5. The molecule has 0 fully saturated rings. The number of nitrogens with zero attached hydrogens (tertiary/aromatic N) is 3. The van der Waals surface area contributed by atoms with Crippen LogP contribution in [0.15, 0.2) is 47.4 Å². The molecule has 0 saturated carbocycles. The summed E-state index contributed by atoms with van der Waals surface area (Å²) in [7, 11) is 0.